The third kappa shape index (κ3) is 5.06. The highest BCUT2D eigenvalue weighted by Gasteiger charge is 2.20. The molecule has 0 aliphatic rings. The molecular weight excluding hydrogens is 480 g/mol. The fourth-order valence-corrected chi connectivity index (χ4v) is 5.13. The normalized spacial score (nSPS) is 12.9. The maximum Gasteiger partial charge on any atom is 0.333 e. The van der Waals surface area contributed by atoms with Crippen molar-refractivity contribution < 1.29 is 13.6 Å². The highest BCUT2D eigenvalue weighted by molar-refractivity contribution is 7.79. The van der Waals surface area contributed by atoms with Gasteiger partial charge < -0.3 is 20.6 Å². The highest BCUT2D eigenvalue weighted by Crippen LogP contribution is 2.31. The molecule has 0 bridgehead atoms. The Morgan fingerprint density at radius 3 is 2.58 bits per heavy atom. The minimum atomic E-state index is -2.53. The van der Waals surface area contributed by atoms with Crippen LogP contribution in [0.4, 0.5) is 5.69 Å². The van der Waals surface area contributed by atoms with Gasteiger partial charge in [0.15, 0.2) is 0 Å². The molecule has 1 amide bonds. The number of H-pyrrole nitrogens is 1. The number of aromatic amines is 1. The molecule has 2 unspecified atom stereocenters. The summed E-state index contributed by atoms with van der Waals surface area (Å²) in [5.74, 6) is -0.365. The molecule has 4 aromatic rings. The summed E-state index contributed by atoms with van der Waals surface area (Å²) in [4.78, 5) is 40.7. The lowest BCUT2D eigenvalue weighted by atomic mass is 9.96. The minimum Gasteiger partial charge on any atom is -0.772 e. The van der Waals surface area contributed by atoms with E-state index >= 15 is 0 Å². The monoisotopic (exact) mass is 505 g/mol. The van der Waals surface area contributed by atoms with Gasteiger partial charge in [0.1, 0.15) is 0 Å². The molecule has 0 saturated heterocycles. The number of anilines is 1. The third-order valence-electron chi connectivity index (χ3n) is 5.85. The molecule has 36 heavy (non-hydrogen) atoms. The number of nitrogens with zero attached hydrogens (tertiary/aromatic N) is 1. The first kappa shape index (κ1) is 25.2. The van der Waals surface area contributed by atoms with E-state index < -0.39 is 27.6 Å². The average molecular weight is 506 g/mol. The molecule has 9 nitrogen and oxygen atoms in total. The van der Waals surface area contributed by atoms with E-state index in [1.807, 2.05) is 12.1 Å². The van der Waals surface area contributed by atoms with Crippen molar-refractivity contribution in [2.45, 2.75) is 25.0 Å². The van der Waals surface area contributed by atoms with Crippen LogP contribution in [0.5, 0.6) is 0 Å². The summed E-state index contributed by atoms with van der Waals surface area (Å²) in [6.45, 7) is 1.80. The van der Waals surface area contributed by atoms with Gasteiger partial charge in [0.25, 0.3) is 5.56 Å². The minimum absolute atomic E-state index is 0.133. The lowest BCUT2D eigenvalue weighted by Gasteiger charge is -2.24. The van der Waals surface area contributed by atoms with Crippen molar-refractivity contribution in [2.24, 2.45) is 5.73 Å². The smallest absolute Gasteiger partial charge is 0.333 e. The Hall–Kier alpha value is -3.86. The molecule has 0 aliphatic heterocycles. The second-order valence-electron chi connectivity index (χ2n) is 8.31. The van der Waals surface area contributed by atoms with Crippen LogP contribution in [0.3, 0.4) is 0 Å². The molecule has 2 atom stereocenters. The third-order valence-corrected chi connectivity index (χ3v) is 6.76. The number of amides is 1. The van der Waals surface area contributed by atoms with Crippen LogP contribution in [0.25, 0.3) is 16.6 Å². The summed E-state index contributed by atoms with van der Waals surface area (Å²) in [7, 11) is 0. The zero-order valence-corrected chi connectivity index (χ0v) is 20.3. The lowest BCUT2D eigenvalue weighted by Crippen LogP contribution is -2.34. The SMILES string of the molecule is CC(=O)Nc1cccc2[nH]c(=O)n(-c3cccc(C(c4ccccc4CCCN)S(=O)[O-])c3)c(=O)c12. The van der Waals surface area contributed by atoms with Gasteiger partial charge in [-0.1, -0.05) is 42.5 Å². The number of aromatic nitrogens is 2. The first-order valence-electron chi connectivity index (χ1n) is 11.3. The van der Waals surface area contributed by atoms with Crippen molar-refractivity contribution in [2.75, 3.05) is 11.9 Å². The number of aryl methyl sites for hydroxylation is 1. The van der Waals surface area contributed by atoms with E-state index in [0.29, 0.717) is 30.5 Å². The van der Waals surface area contributed by atoms with E-state index in [1.54, 1.807) is 48.5 Å². The standard InChI is InChI=1S/C26H26N4O5S/c1-16(31)28-21-12-5-13-22-23(21)25(32)30(26(33)29-22)19-10-4-8-18(15-19)24(36(34)35)20-11-3-2-7-17(20)9-6-14-27/h2-5,7-8,10-13,15,24H,6,9,14,27H2,1H3,(H,28,31)(H,29,33)(H,34,35)/p-1. The van der Waals surface area contributed by atoms with Gasteiger partial charge in [0, 0.05) is 6.92 Å². The van der Waals surface area contributed by atoms with Crippen LogP contribution in [-0.2, 0) is 22.3 Å². The number of nitrogens with two attached hydrogens (primary N) is 1. The van der Waals surface area contributed by atoms with Crippen molar-refractivity contribution in [1.29, 1.82) is 0 Å². The number of hydrogen-bond acceptors (Lipinski definition) is 6. The Bertz CT molecular complexity index is 1580. The Kier molecular flexibility index (Phi) is 7.58. The zero-order valence-electron chi connectivity index (χ0n) is 19.5. The molecule has 0 spiro atoms. The fourth-order valence-electron chi connectivity index (χ4n) is 4.32. The van der Waals surface area contributed by atoms with Crippen molar-refractivity contribution in [3.63, 3.8) is 0 Å². The van der Waals surface area contributed by atoms with E-state index in [-0.39, 0.29) is 28.2 Å². The predicted octanol–water partition coefficient (Wildman–Crippen LogP) is 2.50. The van der Waals surface area contributed by atoms with Gasteiger partial charge in [-0.3, -0.25) is 13.8 Å². The molecule has 4 N–H and O–H groups in total. The Morgan fingerprint density at radius 2 is 1.86 bits per heavy atom. The highest BCUT2D eigenvalue weighted by atomic mass is 32.2. The fraction of sp³-hybridized carbons (Fsp3) is 0.192. The van der Waals surface area contributed by atoms with Crippen LogP contribution in [0.1, 0.15) is 35.3 Å². The van der Waals surface area contributed by atoms with Crippen molar-refractivity contribution >= 4 is 33.6 Å². The Labute approximate surface area is 209 Å². The van der Waals surface area contributed by atoms with Crippen LogP contribution in [0, 0.1) is 0 Å². The maximum absolute atomic E-state index is 13.5. The van der Waals surface area contributed by atoms with Crippen LogP contribution >= 0.6 is 0 Å². The lowest BCUT2D eigenvalue weighted by molar-refractivity contribution is -0.114. The summed E-state index contributed by atoms with van der Waals surface area (Å²) in [6, 6.07) is 18.3. The second-order valence-corrected chi connectivity index (χ2v) is 9.30. The molecule has 0 saturated carbocycles. The van der Waals surface area contributed by atoms with Crippen LogP contribution in [0.15, 0.2) is 76.3 Å². The number of hydrogen-bond donors (Lipinski definition) is 3. The first-order chi connectivity index (χ1) is 17.3. The molecule has 186 valence electrons. The molecule has 0 fully saturated rings. The molecule has 0 aliphatic carbocycles. The number of carbonyl (C=O) groups excluding carboxylic acids is 1. The first-order valence-corrected chi connectivity index (χ1v) is 12.5. The van der Waals surface area contributed by atoms with Crippen molar-refractivity contribution in [3.05, 3.63) is 104 Å². The van der Waals surface area contributed by atoms with Crippen LogP contribution < -0.4 is 22.3 Å². The van der Waals surface area contributed by atoms with Gasteiger partial charge in [-0.15, -0.1) is 0 Å². The summed E-state index contributed by atoms with van der Waals surface area (Å²) in [5.41, 5.74) is 6.95. The van der Waals surface area contributed by atoms with Crippen molar-refractivity contribution in [3.8, 4) is 5.69 Å². The number of nitrogens with one attached hydrogen (secondary N) is 2. The van der Waals surface area contributed by atoms with Crippen LogP contribution in [0.2, 0.25) is 0 Å². The van der Waals surface area contributed by atoms with Gasteiger partial charge >= 0.3 is 5.69 Å². The summed E-state index contributed by atoms with van der Waals surface area (Å²) in [6.07, 6.45) is 1.32. The van der Waals surface area contributed by atoms with E-state index in [9.17, 15) is 23.1 Å². The van der Waals surface area contributed by atoms with E-state index in [1.165, 1.54) is 13.0 Å². The van der Waals surface area contributed by atoms with Gasteiger partial charge in [-0.25, -0.2) is 9.36 Å². The zero-order chi connectivity index (χ0) is 25.8. The molecule has 4 rings (SSSR count). The molecule has 0 radical (unpaired) electrons. The van der Waals surface area contributed by atoms with Gasteiger partial charge in [0.2, 0.25) is 5.91 Å². The largest absolute Gasteiger partial charge is 0.772 e. The van der Waals surface area contributed by atoms with Crippen LogP contribution in [-0.4, -0.2) is 30.8 Å². The number of carbonyl (C=O) groups is 1. The predicted molar refractivity (Wildman–Crippen MR) is 139 cm³/mol. The number of benzene rings is 3. The molecule has 3 aromatic carbocycles. The van der Waals surface area contributed by atoms with Gasteiger partial charge in [-0.05, 0) is 71.4 Å². The molecule has 1 aromatic heterocycles. The number of rotatable bonds is 8. The summed E-state index contributed by atoms with van der Waals surface area (Å²) < 4.78 is 25.8. The van der Waals surface area contributed by atoms with E-state index in [2.05, 4.69) is 10.3 Å². The van der Waals surface area contributed by atoms with E-state index in [4.69, 9.17) is 5.73 Å². The second kappa shape index (κ2) is 10.8. The summed E-state index contributed by atoms with van der Waals surface area (Å²) >= 11 is -2.53. The van der Waals surface area contributed by atoms with Gasteiger partial charge in [0.05, 0.1) is 27.5 Å². The molecular formula is C26H25N4O5S-. The number of fused-ring (bicyclic) bond motifs is 1. The quantitative estimate of drug-likeness (QED) is 0.313. The molecule has 1 heterocycles. The van der Waals surface area contributed by atoms with E-state index in [0.717, 1.165) is 10.1 Å². The Morgan fingerprint density at radius 1 is 1.11 bits per heavy atom. The average Bonchev–Trinajstić information content (AvgIpc) is 2.83. The van der Waals surface area contributed by atoms with Gasteiger partial charge in [-0.2, -0.15) is 0 Å². The Balaban J connectivity index is 1.89. The molecule has 10 heteroatoms. The van der Waals surface area contributed by atoms with Crippen molar-refractivity contribution in [1.82, 2.24) is 9.55 Å². The summed E-state index contributed by atoms with van der Waals surface area (Å²) in [5, 5.41) is 1.73. The topological polar surface area (TPSA) is 150 Å². The maximum atomic E-state index is 13.5.